The van der Waals surface area contributed by atoms with E-state index in [0.29, 0.717) is 0 Å². The molecule has 0 fully saturated rings. The summed E-state index contributed by atoms with van der Waals surface area (Å²) in [5, 5.41) is 8.85. The summed E-state index contributed by atoms with van der Waals surface area (Å²) in [4.78, 5) is 3.41. The van der Waals surface area contributed by atoms with Crippen LogP contribution in [0.3, 0.4) is 0 Å². The number of nitrogen functional groups attached to an aromatic ring is 1. The number of rotatable bonds is 3. The van der Waals surface area contributed by atoms with Crippen LogP contribution in [0.25, 0.3) is 0 Å². The van der Waals surface area contributed by atoms with E-state index >= 15 is 0 Å². The summed E-state index contributed by atoms with van der Waals surface area (Å²) in [5.74, 6) is -0.646. The van der Waals surface area contributed by atoms with Crippen molar-refractivity contribution in [2.24, 2.45) is 0 Å². The molecule has 0 aliphatic heterocycles. The molecule has 0 radical (unpaired) electrons. The monoisotopic (exact) mass is 292 g/mol. The normalized spacial score (nSPS) is 10.8. The molecule has 1 aromatic heterocycles. The van der Waals surface area contributed by atoms with E-state index in [2.05, 4.69) is 9.71 Å². The van der Waals surface area contributed by atoms with Crippen LogP contribution in [0.2, 0.25) is 0 Å². The first-order chi connectivity index (χ1) is 9.44. The van der Waals surface area contributed by atoms with Crippen LogP contribution in [0.4, 0.5) is 15.8 Å². The Morgan fingerprint density at radius 3 is 2.75 bits per heavy atom. The Morgan fingerprint density at radius 2 is 2.10 bits per heavy atom. The summed E-state index contributed by atoms with van der Waals surface area (Å²) in [5.41, 5.74) is 5.04. The molecule has 0 aliphatic carbocycles. The fraction of sp³-hybridized carbons (Fsp3) is 0. The lowest BCUT2D eigenvalue weighted by atomic mass is 10.3. The minimum atomic E-state index is -4.00. The van der Waals surface area contributed by atoms with E-state index in [1.54, 1.807) is 6.07 Å². The van der Waals surface area contributed by atoms with Crippen molar-refractivity contribution in [3.8, 4) is 6.07 Å². The number of halogens is 1. The standard InChI is InChI=1S/C12H9FN4O2S/c13-9-4-3-8(6-10(9)15)17-20(18,19)12-2-1-5-16-11(12)7-14/h1-6,17H,15H2. The Balaban J connectivity index is 2.41. The summed E-state index contributed by atoms with van der Waals surface area (Å²) < 4.78 is 39.5. The number of sulfonamides is 1. The van der Waals surface area contributed by atoms with Gasteiger partial charge in [-0.1, -0.05) is 0 Å². The zero-order valence-electron chi connectivity index (χ0n) is 10.0. The van der Waals surface area contributed by atoms with Gasteiger partial charge in [0.15, 0.2) is 5.69 Å². The molecule has 20 heavy (non-hydrogen) atoms. The van der Waals surface area contributed by atoms with E-state index in [-0.39, 0.29) is 22.0 Å². The van der Waals surface area contributed by atoms with Crippen molar-refractivity contribution in [2.75, 3.05) is 10.5 Å². The molecule has 8 heteroatoms. The first-order valence-corrected chi connectivity index (χ1v) is 6.85. The van der Waals surface area contributed by atoms with Crippen molar-refractivity contribution in [1.29, 1.82) is 5.26 Å². The highest BCUT2D eigenvalue weighted by Gasteiger charge is 2.19. The van der Waals surface area contributed by atoms with E-state index in [0.717, 1.165) is 12.1 Å². The molecule has 0 atom stereocenters. The van der Waals surface area contributed by atoms with E-state index in [1.165, 1.54) is 24.4 Å². The third-order valence-corrected chi connectivity index (χ3v) is 3.83. The van der Waals surface area contributed by atoms with Gasteiger partial charge in [0.2, 0.25) is 0 Å². The van der Waals surface area contributed by atoms with Gasteiger partial charge in [-0.25, -0.2) is 17.8 Å². The fourth-order valence-corrected chi connectivity index (χ4v) is 2.67. The van der Waals surface area contributed by atoms with Crippen LogP contribution in [-0.2, 0) is 10.0 Å². The zero-order chi connectivity index (χ0) is 14.8. The molecule has 0 spiro atoms. The molecule has 1 aromatic carbocycles. The molecule has 102 valence electrons. The van der Waals surface area contributed by atoms with Gasteiger partial charge in [-0.05, 0) is 30.3 Å². The Hall–Kier alpha value is -2.66. The Labute approximate surface area is 114 Å². The number of hydrogen-bond donors (Lipinski definition) is 2. The van der Waals surface area contributed by atoms with E-state index in [4.69, 9.17) is 11.0 Å². The maximum Gasteiger partial charge on any atom is 0.264 e. The number of nitrogens with one attached hydrogen (secondary N) is 1. The van der Waals surface area contributed by atoms with Gasteiger partial charge >= 0.3 is 0 Å². The minimum absolute atomic E-state index is 0.0941. The average molecular weight is 292 g/mol. The van der Waals surface area contributed by atoms with Crippen molar-refractivity contribution in [2.45, 2.75) is 4.90 Å². The largest absolute Gasteiger partial charge is 0.396 e. The second-order valence-electron chi connectivity index (χ2n) is 3.80. The van der Waals surface area contributed by atoms with Crippen LogP contribution in [0, 0.1) is 17.1 Å². The van der Waals surface area contributed by atoms with Gasteiger partial charge in [-0.3, -0.25) is 4.72 Å². The molecule has 3 N–H and O–H groups in total. The van der Waals surface area contributed by atoms with Crippen molar-refractivity contribution in [1.82, 2.24) is 4.98 Å². The van der Waals surface area contributed by atoms with Crippen molar-refractivity contribution >= 4 is 21.4 Å². The molecule has 2 rings (SSSR count). The van der Waals surface area contributed by atoms with Gasteiger partial charge < -0.3 is 5.73 Å². The Kier molecular flexibility index (Phi) is 3.54. The quantitative estimate of drug-likeness (QED) is 0.833. The highest BCUT2D eigenvalue weighted by molar-refractivity contribution is 7.92. The Morgan fingerprint density at radius 1 is 1.35 bits per heavy atom. The Bertz CT molecular complexity index is 799. The predicted molar refractivity (Wildman–Crippen MR) is 70.6 cm³/mol. The summed E-state index contributed by atoms with van der Waals surface area (Å²) in [7, 11) is -4.00. The second-order valence-corrected chi connectivity index (χ2v) is 5.45. The number of nitrogens with two attached hydrogens (primary N) is 1. The van der Waals surface area contributed by atoms with Crippen LogP contribution < -0.4 is 10.5 Å². The van der Waals surface area contributed by atoms with Crippen LogP contribution in [-0.4, -0.2) is 13.4 Å². The van der Waals surface area contributed by atoms with Gasteiger partial charge in [0.1, 0.15) is 16.8 Å². The lowest BCUT2D eigenvalue weighted by Crippen LogP contribution is -2.15. The summed E-state index contributed by atoms with van der Waals surface area (Å²) in [6.07, 6.45) is 1.31. The summed E-state index contributed by atoms with van der Waals surface area (Å²) in [6.45, 7) is 0. The number of pyridine rings is 1. The minimum Gasteiger partial charge on any atom is -0.396 e. The van der Waals surface area contributed by atoms with E-state index < -0.39 is 15.8 Å². The highest BCUT2D eigenvalue weighted by Crippen LogP contribution is 2.21. The number of aromatic nitrogens is 1. The van der Waals surface area contributed by atoms with Crippen LogP contribution in [0.15, 0.2) is 41.4 Å². The van der Waals surface area contributed by atoms with Gasteiger partial charge in [0.05, 0.1) is 11.4 Å². The van der Waals surface area contributed by atoms with Crippen LogP contribution in [0.5, 0.6) is 0 Å². The lowest BCUT2D eigenvalue weighted by molar-refractivity contribution is 0.600. The smallest absolute Gasteiger partial charge is 0.264 e. The third-order valence-electron chi connectivity index (χ3n) is 2.41. The predicted octanol–water partition coefficient (Wildman–Crippen LogP) is 1.48. The molecule has 0 amide bonds. The number of hydrogen-bond acceptors (Lipinski definition) is 5. The van der Waals surface area contributed by atoms with Crippen molar-refractivity contribution < 1.29 is 12.8 Å². The van der Waals surface area contributed by atoms with Gasteiger partial charge in [-0.2, -0.15) is 5.26 Å². The molecule has 1 heterocycles. The van der Waals surface area contributed by atoms with Gasteiger partial charge in [-0.15, -0.1) is 0 Å². The number of nitrogens with zero attached hydrogens (tertiary/aromatic N) is 2. The third kappa shape index (κ3) is 2.67. The fourth-order valence-electron chi connectivity index (χ4n) is 1.51. The maximum atomic E-state index is 13.0. The molecule has 0 saturated carbocycles. The van der Waals surface area contributed by atoms with Crippen molar-refractivity contribution in [3.05, 3.63) is 48.0 Å². The van der Waals surface area contributed by atoms with Crippen molar-refractivity contribution in [3.63, 3.8) is 0 Å². The molecular formula is C12H9FN4O2S. The van der Waals surface area contributed by atoms with E-state index in [9.17, 15) is 12.8 Å². The highest BCUT2D eigenvalue weighted by atomic mass is 32.2. The molecule has 0 saturated heterocycles. The zero-order valence-corrected chi connectivity index (χ0v) is 10.9. The first kappa shape index (κ1) is 13.8. The van der Waals surface area contributed by atoms with Crippen LogP contribution >= 0.6 is 0 Å². The van der Waals surface area contributed by atoms with Crippen LogP contribution in [0.1, 0.15) is 5.69 Å². The van der Waals surface area contributed by atoms with Gasteiger partial charge in [0, 0.05) is 6.20 Å². The molecule has 0 aliphatic rings. The summed E-state index contributed by atoms with van der Waals surface area (Å²) in [6, 6.07) is 7.76. The van der Waals surface area contributed by atoms with Gasteiger partial charge in [0.25, 0.3) is 10.0 Å². The van der Waals surface area contributed by atoms with E-state index in [1.807, 2.05) is 0 Å². The first-order valence-electron chi connectivity index (χ1n) is 5.37. The molecule has 2 aromatic rings. The summed E-state index contributed by atoms with van der Waals surface area (Å²) >= 11 is 0. The molecule has 0 bridgehead atoms. The second kappa shape index (κ2) is 5.14. The average Bonchev–Trinajstić information content (AvgIpc) is 2.42. The maximum absolute atomic E-state index is 13.0. The number of benzene rings is 1. The molecular weight excluding hydrogens is 283 g/mol. The topological polar surface area (TPSA) is 109 Å². The number of anilines is 2. The SMILES string of the molecule is N#Cc1ncccc1S(=O)(=O)Nc1ccc(F)c(N)c1. The molecule has 0 unspecified atom stereocenters. The number of nitriles is 1. The molecule has 6 nitrogen and oxygen atoms in total. The lowest BCUT2D eigenvalue weighted by Gasteiger charge is -2.09.